The number of pyridine rings is 1. The van der Waals surface area contributed by atoms with Crippen LogP contribution >= 0.6 is 0 Å². The van der Waals surface area contributed by atoms with Gasteiger partial charge >= 0.3 is 0 Å². The molecule has 13 heteroatoms. The fourth-order valence-electron chi connectivity index (χ4n) is 6.66. The Morgan fingerprint density at radius 2 is 1.52 bits per heavy atom. The summed E-state index contributed by atoms with van der Waals surface area (Å²) in [6, 6.07) is 9.10. The fourth-order valence-corrected chi connectivity index (χ4v) is 6.66. The molecule has 0 saturated heterocycles. The van der Waals surface area contributed by atoms with Crippen LogP contribution in [0.4, 0.5) is 0 Å². The van der Waals surface area contributed by atoms with Gasteiger partial charge in [-0.2, -0.15) is 4.73 Å². The van der Waals surface area contributed by atoms with Crippen LogP contribution in [0.3, 0.4) is 0 Å². The van der Waals surface area contributed by atoms with Gasteiger partial charge in [0.25, 0.3) is 5.91 Å². The normalized spacial score (nSPS) is 16.1. The molecule has 1 aliphatic carbocycles. The molecular formula is C39H59N7O6. The molecule has 0 aliphatic heterocycles. The maximum atomic E-state index is 14.3. The minimum atomic E-state index is -0.834. The quantitative estimate of drug-likeness (QED) is 0.109. The van der Waals surface area contributed by atoms with Crippen molar-refractivity contribution in [1.29, 1.82) is 0 Å². The summed E-state index contributed by atoms with van der Waals surface area (Å²) in [5, 5.41) is 26.5. The lowest BCUT2D eigenvalue weighted by Crippen LogP contribution is -2.59. The van der Waals surface area contributed by atoms with Crippen LogP contribution in [-0.2, 0) is 25.6 Å². The third-order valence-corrected chi connectivity index (χ3v) is 9.75. The zero-order valence-corrected chi connectivity index (χ0v) is 31.7. The van der Waals surface area contributed by atoms with Crippen molar-refractivity contribution in [2.75, 3.05) is 20.1 Å². The van der Waals surface area contributed by atoms with Crippen LogP contribution in [0.25, 0.3) is 0 Å². The largest absolute Gasteiger partial charge is 0.619 e. The number of aromatic nitrogens is 1. The van der Waals surface area contributed by atoms with E-state index in [9.17, 15) is 29.2 Å². The van der Waals surface area contributed by atoms with Gasteiger partial charge in [0.15, 0.2) is 12.4 Å². The summed E-state index contributed by atoms with van der Waals surface area (Å²) in [7, 11) is 1.61. The summed E-state index contributed by atoms with van der Waals surface area (Å²) < 4.78 is 0.592. The number of nitrogens with one attached hydrogen (secondary N) is 5. The third kappa shape index (κ3) is 12.6. The molecule has 5 amide bonds. The first-order valence-corrected chi connectivity index (χ1v) is 18.8. The molecule has 1 aromatic carbocycles. The third-order valence-electron chi connectivity index (χ3n) is 9.75. The van der Waals surface area contributed by atoms with Crippen LogP contribution in [0.5, 0.6) is 0 Å². The fraction of sp³-hybridized carbons (Fsp3) is 0.590. The Morgan fingerprint density at radius 1 is 0.865 bits per heavy atom. The Bertz CT molecular complexity index is 1450. The van der Waals surface area contributed by atoms with E-state index in [2.05, 4.69) is 26.6 Å². The zero-order chi connectivity index (χ0) is 38.2. The number of amides is 5. The smallest absolute Gasteiger partial charge is 0.252 e. The zero-order valence-electron chi connectivity index (χ0n) is 31.7. The molecular weight excluding hydrogens is 662 g/mol. The maximum absolute atomic E-state index is 14.3. The summed E-state index contributed by atoms with van der Waals surface area (Å²) in [5.74, 6) is -1.88. The molecule has 0 unspecified atom stereocenters. The van der Waals surface area contributed by atoms with Crippen LogP contribution in [0.15, 0.2) is 54.9 Å². The second kappa shape index (κ2) is 21.1. The lowest BCUT2D eigenvalue weighted by molar-refractivity contribution is -0.605. The van der Waals surface area contributed by atoms with E-state index in [0.717, 1.165) is 37.7 Å². The minimum absolute atomic E-state index is 0.0860. The second-order valence-corrected chi connectivity index (χ2v) is 14.2. The van der Waals surface area contributed by atoms with Crippen molar-refractivity contribution < 1.29 is 28.7 Å². The van der Waals surface area contributed by atoms with Gasteiger partial charge in [0.1, 0.15) is 18.1 Å². The Morgan fingerprint density at radius 3 is 2.12 bits per heavy atom. The predicted octanol–water partition coefficient (Wildman–Crippen LogP) is 2.61. The van der Waals surface area contributed by atoms with E-state index in [-0.39, 0.29) is 47.6 Å². The van der Waals surface area contributed by atoms with Gasteiger partial charge in [0.05, 0.1) is 11.6 Å². The van der Waals surface area contributed by atoms with E-state index in [1.807, 2.05) is 58.0 Å². The number of rotatable bonds is 19. The van der Waals surface area contributed by atoms with Crippen molar-refractivity contribution in [3.05, 3.63) is 71.2 Å². The van der Waals surface area contributed by atoms with E-state index in [0.29, 0.717) is 30.5 Å². The molecule has 13 nitrogen and oxygen atoms in total. The first kappa shape index (κ1) is 41.9. The number of likely N-dealkylation sites (N-methyl/N-ethyl adjacent to an activating group) is 2. The molecule has 5 N–H and O–H groups in total. The van der Waals surface area contributed by atoms with E-state index in [4.69, 9.17) is 0 Å². The van der Waals surface area contributed by atoms with Crippen LogP contribution in [0.2, 0.25) is 0 Å². The Kier molecular flexibility index (Phi) is 17.0. The van der Waals surface area contributed by atoms with Gasteiger partial charge in [0, 0.05) is 38.3 Å². The van der Waals surface area contributed by atoms with Gasteiger partial charge in [0.2, 0.25) is 23.6 Å². The highest BCUT2D eigenvalue weighted by Gasteiger charge is 2.37. The molecule has 0 radical (unpaired) electrons. The van der Waals surface area contributed by atoms with Gasteiger partial charge in [-0.1, -0.05) is 76.8 Å². The lowest BCUT2D eigenvalue weighted by Gasteiger charge is -2.36. The molecule has 1 heterocycles. The predicted molar refractivity (Wildman–Crippen MR) is 200 cm³/mol. The van der Waals surface area contributed by atoms with Gasteiger partial charge in [-0.15, -0.1) is 0 Å². The molecule has 0 bridgehead atoms. The van der Waals surface area contributed by atoms with Crippen molar-refractivity contribution in [1.82, 2.24) is 31.5 Å². The topological polar surface area (TPSA) is 176 Å². The minimum Gasteiger partial charge on any atom is -0.619 e. The van der Waals surface area contributed by atoms with Crippen molar-refractivity contribution in [2.45, 2.75) is 116 Å². The van der Waals surface area contributed by atoms with Crippen LogP contribution in [0, 0.1) is 17.0 Å². The maximum Gasteiger partial charge on any atom is 0.252 e. The number of carbonyl (C=O) groups excluding carboxylic acids is 5. The molecule has 5 atom stereocenters. The van der Waals surface area contributed by atoms with E-state index in [1.165, 1.54) is 29.4 Å². The van der Waals surface area contributed by atoms with Crippen molar-refractivity contribution in [3.8, 4) is 0 Å². The van der Waals surface area contributed by atoms with Crippen molar-refractivity contribution in [3.63, 3.8) is 0 Å². The lowest BCUT2D eigenvalue weighted by atomic mass is 9.83. The van der Waals surface area contributed by atoms with Crippen LogP contribution in [-0.4, -0.2) is 84.8 Å². The van der Waals surface area contributed by atoms with Gasteiger partial charge in [-0.3, -0.25) is 24.0 Å². The Balaban J connectivity index is 1.78. The SMILES string of the molecule is CCC[C@@H](C(=O)N[C@H](CN[C@@H](C)C(=O)N[C@H](C(=O)NCC)C(C)C)Cc1ccccc1)N(C)C(=O)[C@@H](NC(=O)c1cc[n+]([O-])cc1)C1CCCCC1. The molecule has 1 saturated carbocycles. The Labute approximate surface area is 308 Å². The highest BCUT2D eigenvalue weighted by molar-refractivity contribution is 5.98. The monoisotopic (exact) mass is 721 g/mol. The molecule has 3 rings (SSSR count). The molecule has 0 spiro atoms. The average molecular weight is 722 g/mol. The van der Waals surface area contributed by atoms with E-state index in [1.54, 1.807) is 14.0 Å². The number of benzene rings is 1. The first-order chi connectivity index (χ1) is 24.9. The molecule has 1 fully saturated rings. The van der Waals surface area contributed by atoms with Crippen LogP contribution in [0.1, 0.15) is 95.5 Å². The molecule has 2 aromatic rings. The van der Waals surface area contributed by atoms with E-state index >= 15 is 0 Å². The number of carbonyl (C=O) groups is 5. The number of hydrogen-bond donors (Lipinski definition) is 5. The summed E-state index contributed by atoms with van der Waals surface area (Å²) in [6.45, 7) is 9.94. The number of nitrogens with zero attached hydrogens (tertiary/aromatic N) is 2. The highest BCUT2D eigenvalue weighted by Crippen LogP contribution is 2.28. The molecule has 1 aromatic heterocycles. The van der Waals surface area contributed by atoms with Crippen LogP contribution < -0.4 is 31.3 Å². The number of hydrogen-bond acceptors (Lipinski definition) is 7. The molecule has 286 valence electrons. The van der Waals surface area contributed by atoms with E-state index < -0.39 is 36.1 Å². The summed E-state index contributed by atoms with van der Waals surface area (Å²) >= 11 is 0. The summed E-state index contributed by atoms with van der Waals surface area (Å²) in [4.78, 5) is 68.9. The first-order valence-electron chi connectivity index (χ1n) is 18.8. The Hall–Kier alpha value is -4.52. The second-order valence-electron chi connectivity index (χ2n) is 14.2. The van der Waals surface area contributed by atoms with Gasteiger partial charge in [-0.25, -0.2) is 0 Å². The van der Waals surface area contributed by atoms with Gasteiger partial charge in [-0.05, 0) is 56.9 Å². The van der Waals surface area contributed by atoms with Crippen molar-refractivity contribution >= 4 is 29.5 Å². The molecule has 52 heavy (non-hydrogen) atoms. The summed E-state index contributed by atoms with van der Waals surface area (Å²) in [6.07, 6.45) is 8.51. The average Bonchev–Trinajstić information content (AvgIpc) is 3.14. The standard InChI is InChI=1S/C39H59N7O6/c1-7-15-32(45(6)39(51)34(29-18-13-10-14-19-29)44-36(48)30-20-22-46(52)23-21-30)37(49)42-31(24-28-16-11-9-12-17-28)25-41-27(5)35(47)43-33(26(3)4)38(50)40-8-2/h9,11-12,16-17,20-23,26-27,29,31-34,41H,7-8,10,13-15,18-19,24-25H2,1-6H3,(H,40,50)(H,42,49)(H,43,47)(H,44,48)/t27-,31-,32-,33-,34-/m0/s1. The molecule has 1 aliphatic rings. The summed E-state index contributed by atoms with van der Waals surface area (Å²) in [5.41, 5.74) is 1.26. The highest BCUT2D eigenvalue weighted by atomic mass is 16.5. The van der Waals surface area contributed by atoms with Gasteiger partial charge < -0.3 is 36.7 Å². The van der Waals surface area contributed by atoms with Crippen molar-refractivity contribution in [2.24, 2.45) is 11.8 Å².